The summed E-state index contributed by atoms with van der Waals surface area (Å²) < 4.78 is 18.0. The molecular formula is C20H19ClFN3O4S. The molecular weight excluding hydrogens is 433 g/mol. The van der Waals surface area contributed by atoms with Crippen LogP contribution in [0.3, 0.4) is 0 Å². The molecule has 0 atom stereocenters. The highest BCUT2D eigenvalue weighted by Crippen LogP contribution is 2.20. The Balaban J connectivity index is 1.92. The number of amides is 2. The maximum atomic E-state index is 13.2. The highest BCUT2D eigenvalue weighted by atomic mass is 35.5. The molecule has 0 aromatic heterocycles. The van der Waals surface area contributed by atoms with Gasteiger partial charge in [-0.05, 0) is 55.5 Å². The summed E-state index contributed by atoms with van der Waals surface area (Å²) in [7, 11) is 0. The van der Waals surface area contributed by atoms with E-state index in [2.05, 4.69) is 16.0 Å². The van der Waals surface area contributed by atoms with Gasteiger partial charge in [-0.15, -0.1) is 0 Å². The van der Waals surface area contributed by atoms with Crippen molar-refractivity contribution in [2.24, 2.45) is 0 Å². The van der Waals surface area contributed by atoms with Gasteiger partial charge in [0.25, 0.3) is 5.91 Å². The molecule has 0 heterocycles. The third-order valence-corrected chi connectivity index (χ3v) is 4.17. The monoisotopic (exact) mass is 451 g/mol. The quantitative estimate of drug-likeness (QED) is 0.436. The summed E-state index contributed by atoms with van der Waals surface area (Å²) in [5, 5.41) is 7.77. The second-order valence-corrected chi connectivity index (χ2v) is 6.79. The van der Waals surface area contributed by atoms with Gasteiger partial charge >= 0.3 is 5.97 Å². The fourth-order valence-electron chi connectivity index (χ4n) is 2.32. The number of carbonyl (C=O) groups is 3. The molecule has 0 aliphatic rings. The van der Waals surface area contributed by atoms with Crippen LogP contribution in [0.15, 0.2) is 42.5 Å². The number of thiocarbonyl (C=S) groups is 1. The lowest BCUT2D eigenvalue weighted by atomic mass is 10.2. The van der Waals surface area contributed by atoms with Gasteiger partial charge in [-0.3, -0.25) is 14.4 Å². The highest BCUT2D eigenvalue weighted by Gasteiger charge is 2.11. The van der Waals surface area contributed by atoms with E-state index in [4.69, 9.17) is 28.6 Å². The number of hydrogen-bond acceptors (Lipinski definition) is 5. The van der Waals surface area contributed by atoms with Gasteiger partial charge in [0.2, 0.25) is 5.91 Å². The van der Waals surface area contributed by atoms with Crippen molar-refractivity contribution >= 4 is 58.1 Å². The van der Waals surface area contributed by atoms with E-state index in [1.165, 1.54) is 18.2 Å². The van der Waals surface area contributed by atoms with Crippen molar-refractivity contribution in [3.05, 3.63) is 58.9 Å². The Kier molecular flexibility index (Phi) is 8.70. The van der Waals surface area contributed by atoms with Crippen LogP contribution >= 0.6 is 23.8 Å². The van der Waals surface area contributed by atoms with Gasteiger partial charge in [0, 0.05) is 23.4 Å². The molecule has 0 aliphatic heterocycles. The Morgan fingerprint density at radius 2 is 1.80 bits per heavy atom. The van der Waals surface area contributed by atoms with Crippen LogP contribution < -0.4 is 16.0 Å². The van der Waals surface area contributed by atoms with E-state index in [-0.39, 0.29) is 29.6 Å². The molecule has 0 unspecified atom stereocenters. The van der Waals surface area contributed by atoms with E-state index in [0.29, 0.717) is 16.9 Å². The molecule has 2 aromatic carbocycles. The minimum Gasteiger partial charge on any atom is -0.466 e. The first-order valence-corrected chi connectivity index (χ1v) is 9.70. The molecule has 3 N–H and O–H groups in total. The van der Waals surface area contributed by atoms with E-state index in [1.54, 1.807) is 25.1 Å². The Hall–Kier alpha value is -3.04. The summed E-state index contributed by atoms with van der Waals surface area (Å²) in [4.78, 5) is 35.5. The predicted molar refractivity (Wildman–Crippen MR) is 116 cm³/mol. The maximum Gasteiger partial charge on any atom is 0.306 e. The Morgan fingerprint density at radius 3 is 2.50 bits per heavy atom. The van der Waals surface area contributed by atoms with Gasteiger partial charge in [0.05, 0.1) is 18.1 Å². The SMILES string of the molecule is CCOC(=O)CCC(=O)NC(=S)Nc1cccc(C(=O)Nc2ccc(F)c(Cl)c2)c1. The average Bonchev–Trinajstić information content (AvgIpc) is 2.69. The van der Waals surface area contributed by atoms with Crippen LogP contribution in [0.5, 0.6) is 0 Å². The third kappa shape index (κ3) is 7.41. The van der Waals surface area contributed by atoms with E-state index in [9.17, 15) is 18.8 Å². The smallest absolute Gasteiger partial charge is 0.306 e. The van der Waals surface area contributed by atoms with E-state index < -0.39 is 23.6 Å². The number of ether oxygens (including phenoxy) is 1. The molecule has 0 fully saturated rings. The number of rotatable bonds is 7. The van der Waals surface area contributed by atoms with Gasteiger partial charge in [0.1, 0.15) is 5.82 Å². The molecule has 2 aromatic rings. The van der Waals surface area contributed by atoms with E-state index in [0.717, 1.165) is 6.07 Å². The molecule has 0 aliphatic carbocycles. The van der Waals surface area contributed by atoms with Crippen molar-refractivity contribution < 1.29 is 23.5 Å². The normalized spacial score (nSPS) is 10.1. The van der Waals surface area contributed by atoms with E-state index in [1.807, 2.05) is 0 Å². The lowest BCUT2D eigenvalue weighted by molar-refractivity contribution is -0.144. The number of anilines is 2. The molecule has 0 radical (unpaired) electrons. The van der Waals surface area contributed by atoms with Crippen LogP contribution in [-0.4, -0.2) is 29.5 Å². The largest absolute Gasteiger partial charge is 0.466 e. The second-order valence-electron chi connectivity index (χ2n) is 5.97. The minimum atomic E-state index is -0.585. The van der Waals surface area contributed by atoms with Crippen molar-refractivity contribution in [2.45, 2.75) is 19.8 Å². The highest BCUT2D eigenvalue weighted by molar-refractivity contribution is 7.80. The molecule has 7 nitrogen and oxygen atoms in total. The van der Waals surface area contributed by atoms with Crippen LogP contribution in [-0.2, 0) is 14.3 Å². The molecule has 0 bridgehead atoms. The Morgan fingerprint density at radius 1 is 1.07 bits per heavy atom. The van der Waals surface area contributed by atoms with Gasteiger partial charge < -0.3 is 20.7 Å². The molecule has 2 rings (SSSR count). The molecule has 158 valence electrons. The molecule has 2 amide bonds. The van der Waals surface area contributed by atoms with Gasteiger partial charge in [-0.25, -0.2) is 4.39 Å². The number of benzene rings is 2. The van der Waals surface area contributed by atoms with Gasteiger partial charge in [0.15, 0.2) is 5.11 Å². The van der Waals surface area contributed by atoms with Crippen molar-refractivity contribution in [1.82, 2.24) is 5.32 Å². The number of hydrogen-bond donors (Lipinski definition) is 3. The third-order valence-electron chi connectivity index (χ3n) is 3.67. The average molecular weight is 452 g/mol. The van der Waals surface area contributed by atoms with Crippen LogP contribution in [0, 0.1) is 5.82 Å². The fraction of sp³-hybridized carbons (Fsp3) is 0.200. The standard InChI is InChI=1S/C20H19ClFN3O4S/c1-2-29-18(27)9-8-17(26)25-20(30)24-13-5-3-4-12(10-13)19(28)23-14-6-7-16(22)15(21)11-14/h3-7,10-11H,2,8-9H2,1H3,(H,23,28)(H2,24,25,26,30). The zero-order chi connectivity index (χ0) is 22.1. The number of halogens is 2. The summed E-state index contributed by atoms with van der Waals surface area (Å²) in [6.45, 7) is 1.93. The molecule has 10 heteroatoms. The topological polar surface area (TPSA) is 96.5 Å². The van der Waals surface area contributed by atoms with Gasteiger partial charge in [-0.2, -0.15) is 0 Å². The van der Waals surface area contributed by atoms with E-state index >= 15 is 0 Å². The first kappa shape index (κ1) is 23.2. The van der Waals surface area contributed by atoms with Crippen LogP contribution in [0.25, 0.3) is 0 Å². The summed E-state index contributed by atoms with van der Waals surface area (Å²) in [5.74, 6) is -1.93. The minimum absolute atomic E-state index is 0.0201. The predicted octanol–water partition coefficient (Wildman–Crippen LogP) is 3.89. The first-order chi connectivity index (χ1) is 14.3. The molecule has 0 spiro atoms. The maximum absolute atomic E-state index is 13.2. The van der Waals surface area contributed by atoms with Crippen LogP contribution in [0.1, 0.15) is 30.1 Å². The van der Waals surface area contributed by atoms with Crippen molar-refractivity contribution in [1.29, 1.82) is 0 Å². The summed E-state index contributed by atoms with van der Waals surface area (Å²) >= 11 is 10.8. The second kappa shape index (κ2) is 11.2. The molecule has 30 heavy (non-hydrogen) atoms. The first-order valence-electron chi connectivity index (χ1n) is 8.91. The lowest BCUT2D eigenvalue weighted by Crippen LogP contribution is -2.34. The van der Waals surface area contributed by atoms with Crippen LogP contribution in [0.4, 0.5) is 15.8 Å². The number of nitrogens with one attached hydrogen (secondary N) is 3. The summed E-state index contributed by atoms with van der Waals surface area (Å²) in [6, 6.07) is 10.2. The fourth-order valence-corrected chi connectivity index (χ4v) is 2.73. The number of esters is 1. The van der Waals surface area contributed by atoms with Crippen molar-refractivity contribution in [3.63, 3.8) is 0 Å². The lowest BCUT2D eigenvalue weighted by Gasteiger charge is -2.11. The molecule has 0 saturated heterocycles. The Labute approximate surface area is 182 Å². The zero-order valence-electron chi connectivity index (χ0n) is 16.0. The zero-order valence-corrected chi connectivity index (χ0v) is 17.5. The van der Waals surface area contributed by atoms with Crippen molar-refractivity contribution in [2.75, 3.05) is 17.2 Å². The summed E-state index contributed by atoms with van der Waals surface area (Å²) in [5.41, 5.74) is 1.11. The number of carbonyl (C=O) groups excluding carboxylic acids is 3. The van der Waals surface area contributed by atoms with Gasteiger partial charge in [-0.1, -0.05) is 17.7 Å². The Bertz CT molecular complexity index is 971. The van der Waals surface area contributed by atoms with Crippen molar-refractivity contribution in [3.8, 4) is 0 Å². The molecule has 0 saturated carbocycles. The van der Waals surface area contributed by atoms with Crippen LogP contribution in [0.2, 0.25) is 5.02 Å². The summed E-state index contributed by atoms with van der Waals surface area (Å²) in [6.07, 6.45) is -0.116.